The zero-order chi connectivity index (χ0) is 51.4. The first-order valence-electron chi connectivity index (χ1n) is 31.1. The summed E-state index contributed by atoms with van der Waals surface area (Å²) in [6, 6.07) is 0. The second kappa shape index (κ2) is 59.9. The molecule has 6 heteroatoms. The predicted octanol–water partition coefficient (Wildman–Crippen LogP) is 21.0. The van der Waals surface area contributed by atoms with Gasteiger partial charge in [0.2, 0.25) is 0 Å². The molecule has 0 rings (SSSR count). The van der Waals surface area contributed by atoms with Crippen molar-refractivity contribution in [2.45, 2.75) is 335 Å². The van der Waals surface area contributed by atoms with Crippen molar-refractivity contribution in [2.24, 2.45) is 0 Å². The molecule has 0 aromatic heterocycles. The average molecular weight is 996 g/mol. The smallest absolute Gasteiger partial charge is 0.306 e. The van der Waals surface area contributed by atoms with Gasteiger partial charge in [-0.2, -0.15) is 0 Å². The van der Waals surface area contributed by atoms with Crippen LogP contribution in [0.5, 0.6) is 0 Å². The lowest BCUT2D eigenvalue weighted by Crippen LogP contribution is -2.30. The molecule has 0 fully saturated rings. The summed E-state index contributed by atoms with van der Waals surface area (Å²) in [6.45, 7) is 6.56. The molecule has 0 aromatic carbocycles. The average Bonchev–Trinajstić information content (AvgIpc) is 3.37. The SMILES string of the molecule is CC/C=C\C/C=C\C/C=C\CCCCCCCCCC(=O)OC(COC(=O)CCCCCCCCCCCCC)COC(=O)CCCCCCCCCCCCCCC/C=C\CCCCCCCCCC. The highest BCUT2D eigenvalue weighted by atomic mass is 16.6. The largest absolute Gasteiger partial charge is 0.462 e. The molecule has 0 aliphatic rings. The van der Waals surface area contributed by atoms with Gasteiger partial charge in [-0.3, -0.25) is 14.4 Å². The van der Waals surface area contributed by atoms with Crippen molar-refractivity contribution >= 4 is 17.9 Å². The summed E-state index contributed by atoms with van der Waals surface area (Å²) >= 11 is 0. The second-order valence-corrected chi connectivity index (χ2v) is 20.9. The van der Waals surface area contributed by atoms with Crippen LogP contribution in [0.25, 0.3) is 0 Å². The third-order valence-electron chi connectivity index (χ3n) is 13.8. The molecule has 0 saturated heterocycles. The Morgan fingerprint density at radius 1 is 0.296 bits per heavy atom. The molecule has 71 heavy (non-hydrogen) atoms. The summed E-state index contributed by atoms with van der Waals surface area (Å²) in [4.78, 5) is 38.2. The molecule has 0 aliphatic heterocycles. The van der Waals surface area contributed by atoms with Crippen LogP contribution in [0.1, 0.15) is 329 Å². The van der Waals surface area contributed by atoms with Gasteiger partial charge in [-0.25, -0.2) is 0 Å². The minimum absolute atomic E-state index is 0.0737. The summed E-state index contributed by atoms with van der Waals surface area (Å²) in [7, 11) is 0. The van der Waals surface area contributed by atoms with Gasteiger partial charge in [0, 0.05) is 19.3 Å². The van der Waals surface area contributed by atoms with Crippen LogP contribution >= 0.6 is 0 Å². The van der Waals surface area contributed by atoms with Gasteiger partial charge in [-0.1, -0.05) is 281 Å². The molecule has 0 saturated carbocycles. The third-order valence-corrected chi connectivity index (χ3v) is 13.8. The lowest BCUT2D eigenvalue weighted by atomic mass is 10.0. The maximum Gasteiger partial charge on any atom is 0.306 e. The summed E-state index contributed by atoms with van der Waals surface area (Å²) in [5, 5.41) is 0. The minimum atomic E-state index is -0.776. The van der Waals surface area contributed by atoms with E-state index in [0.29, 0.717) is 19.3 Å². The molecule has 1 atom stereocenters. The summed E-state index contributed by atoms with van der Waals surface area (Å²) < 4.78 is 16.9. The Labute approximate surface area is 441 Å². The Morgan fingerprint density at radius 3 is 0.873 bits per heavy atom. The van der Waals surface area contributed by atoms with E-state index in [1.165, 1.54) is 205 Å². The van der Waals surface area contributed by atoms with Gasteiger partial charge < -0.3 is 14.2 Å². The minimum Gasteiger partial charge on any atom is -0.462 e. The number of unbranched alkanes of at least 4 members (excludes halogenated alkanes) is 38. The summed E-state index contributed by atoms with van der Waals surface area (Å²) in [5.41, 5.74) is 0. The number of allylic oxidation sites excluding steroid dienone is 8. The Morgan fingerprint density at radius 2 is 0.549 bits per heavy atom. The molecule has 0 radical (unpaired) electrons. The number of hydrogen-bond acceptors (Lipinski definition) is 6. The molecule has 0 aromatic rings. The Hall–Kier alpha value is -2.63. The first-order valence-corrected chi connectivity index (χ1v) is 31.1. The number of ether oxygens (including phenoxy) is 3. The lowest BCUT2D eigenvalue weighted by molar-refractivity contribution is -0.167. The van der Waals surface area contributed by atoms with E-state index < -0.39 is 6.10 Å². The molecule has 0 N–H and O–H groups in total. The van der Waals surface area contributed by atoms with E-state index in [9.17, 15) is 14.4 Å². The van der Waals surface area contributed by atoms with Crippen molar-refractivity contribution in [3.63, 3.8) is 0 Å². The molecule has 0 aliphatic carbocycles. The Kier molecular flexibility index (Phi) is 57.7. The van der Waals surface area contributed by atoms with E-state index >= 15 is 0 Å². The van der Waals surface area contributed by atoms with E-state index in [2.05, 4.69) is 69.4 Å². The van der Waals surface area contributed by atoms with Crippen molar-refractivity contribution in [1.82, 2.24) is 0 Å². The number of carbonyl (C=O) groups is 3. The molecule has 0 spiro atoms. The number of esters is 3. The number of rotatable bonds is 57. The Balaban J connectivity index is 4.22. The van der Waals surface area contributed by atoms with Crippen LogP contribution in [0.15, 0.2) is 48.6 Å². The lowest BCUT2D eigenvalue weighted by Gasteiger charge is -2.18. The van der Waals surface area contributed by atoms with Gasteiger partial charge in [0.15, 0.2) is 6.10 Å². The third kappa shape index (κ3) is 58.1. The molecule has 1 unspecified atom stereocenters. The van der Waals surface area contributed by atoms with Gasteiger partial charge in [-0.05, 0) is 77.0 Å². The fraction of sp³-hybridized carbons (Fsp3) is 0.831. The fourth-order valence-corrected chi connectivity index (χ4v) is 9.16. The van der Waals surface area contributed by atoms with Crippen LogP contribution in [0.4, 0.5) is 0 Å². The standard InChI is InChI=1S/C65H118O6/c1-4-7-10-13-16-19-22-24-26-28-29-30-31-32-33-34-35-37-38-40-43-46-49-52-55-58-64(67)70-61-62(60-69-63(66)57-54-51-48-45-42-21-18-15-12-9-6-3)71-65(68)59-56-53-50-47-44-41-39-36-27-25-23-20-17-14-11-8-5-2/h8,11,17,20,25,27-29,62H,4-7,9-10,12-16,18-19,21-24,26,30-61H2,1-3H3/b11-8-,20-17-,27-25-,29-28-. The van der Waals surface area contributed by atoms with Crippen molar-refractivity contribution in [2.75, 3.05) is 13.2 Å². The van der Waals surface area contributed by atoms with Crippen molar-refractivity contribution in [3.8, 4) is 0 Å². The molecular formula is C65H118O6. The zero-order valence-corrected chi connectivity index (χ0v) is 47.5. The van der Waals surface area contributed by atoms with Gasteiger partial charge in [0.1, 0.15) is 13.2 Å². The van der Waals surface area contributed by atoms with Crippen molar-refractivity contribution < 1.29 is 28.6 Å². The first kappa shape index (κ1) is 68.4. The van der Waals surface area contributed by atoms with Gasteiger partial charge in [0.25, 0.3) is 0 Å². The topological polar surface area (TPSA) is 78.9 Å². The van der Waals surface area contributed by atoms with Crippen molar-refractivity contribution in [3.05, 3.63) is 48.6 Å². The molecular weight excluding hydrogens is 877 g/mol. The monoisotopic (exact) mass is 995 g/mol. The summed E-state index contributed by atoms with van der Waals surface area (Å²) in [6.07, 6.45) is 74.1. The second-order valence-electron chi connectivity index (χ2n) is 20.9. The quantitative estimate of drug-likeness (QED) is 0.0261. The normalized spacial score (nSPS) is 12.3. The van der Waals surface area contributed by atoms with Crippen LogP contribution in [-0.4, -0.2) is 37.2 Å². The van der Waals surface area contributed by atoms with Crippen LogP contribution in [0.3, 0.4) is 0 Å². The van der Waals surface area contributed by atoms with E-state index in [1.54, 1.807) is 0 Å². The predicted molar refractivity (Wildman–Crippen MR) is 307 cm³/mol. The van der Waals surface area contributed by atoms with E-state index in [1.807, 2.05) is 0 Å². The van der Waals surface area contributed by atoms with Gasteiger partial charge in [0.05, 0.1) is 0 Å². The highest BCUT2D eigenvalue weighted by Gasteiger charge is 2.19. The first-order chi connectivity index (χ1) is 35.0. The van der Waals surface area contributed by atoms with Crippen LogP contribution in [-0.2, 0) is 28.6 Å². The van der Waals surface area contributed by atoms with Crippen molar-refractivity contribution in [1.29, 1.82) is 0 Å². The van der Waals surface area contributed by atoms with E-state index in [0.717, 1.165) is 83.5 Å². The Bertz CT molecular complexity index is 1230. The molecule has 0 heterocycles. The fourth-order valence-electron chi connectivity index (χ4n) is 9.16. The maximum absolute atomic E-state index is 12.9. The van der Waals surface area contributed by atoms with E-state index in [4.69, 9.17) is 14.2 Å². The van der Waals surface area contributed by atoms with Crippen LogP contribution < -0.4 is 0 Å². The molecule has 0 amide bonds. The van der Waals surface area contributed by atoms with Crippen LogP contribution in [0.2, 0.25) is 0 Å². The maximum atomic E-state index is 12.9. The number of hydrogen-bond donors (Lipinski definition) is 0. The van der Waals surface area contributed by atoms with Crippen LogP contribution in [0, 0.1) is 0 Å². The highest BCUT2D eigenvalue weighted by Crippen LogP contribution is 2.17. The summed E-state index contributed by atoms with van der Waals surface area (Å²) in [5.74, 6) is -0.867. The van der Waals surface area contributed by atoms with E-state index in [-0.39, 0.29) is 31.1 Å². The number of carbonyl (C=O) groups excluding carboxylic acids is 3. The molecule has 414 valence electrons. The van der Waals surface area contributed by atoms with Gasteiger partial charge >= 0.3 is 17.9 Å². The zero-order valence-electron chi connectivity index (χ0n) is 47.5. The highest BCUT2D eigenvalue weighted by molar-refractivity contribution is 5.71. The van der Waals surface area contributed by atoms with Gasteiger partial charge in [-0.15, -0.1) is 0 Å². The molecule has 6 nitrogen and oxygen atoms in total. The molecule has 0 bridgehead atoms.